The van der Waals surface area contributed by atoms with Crippen molar-refractivity contribution in [2.45, 2.75) is 70.3 Å². The Bertz CT molecular complexity index is 519. The Balaban J connectivity index is 1.81. The van der Waals surface area contributed by atoms with Crippen LogP contribution in [-0.2, 0) is 19.3 Å². The lowest BCUT2D eigenvalue weighted by molar-refractivity contribution is 0.158. The Labute approximate surface area is 116 Å². The topological polar surface area (TPSA) is 20.2 Å². The summed E-state index contributed by atoms with van der Waals surface area (Å²) in [5.41, 5.74) is 6.96. The average molecular weight is 256 g/mol. The minimum Gasteiger partial charge on any atom is -0.393 e. The number of hydrogen-bond donors (Lipinski definition) is 1. The number of fused-ring (bicyclic) bond motifs is 5. The van der Waals surface area contributed by atoms with E-state index in [1.807, 2.05) is 0 Å². The standard InChI is InChI=1S/C18H24O/c1-18-9-2-3-17(18)16-6-4-12-11-13(19)5-7-14(12)15(16)8-10-18/h4,6,13,17,19H,2-3,5,7-11H2,1H3/t13-,17-,18-/m0/s1. The fraction of sp³-hybridized carbons (Fsp3) is 0.667. The number of aliphatic hydroxyl groups excluding tert-OH is 1. The van der Waals surface area contributed by atoms with Crippen molar-refractivity contribution in [1.82, 2.24) is 0 Å². The van der Waals surface area contributed by atoms with Crippen LogP contribution in [0.3, 0.4) is 0 Å². The van der Waals surface area contributed by atoms with Crippen molar-refractivity contribution in [1.29, 1.82) is 0 Å². The second kappa shape index (κ2) is 4.09. The molecule has 4 rings (SSSR count). The van der Waals surface area contributed by atoms with E-state index in [0.717, 1.165) is 25.2 Å². The summed E-state index contributed by atoms with van der Waals surface area (Å²) >= 11 is 0. The van der Waals surface area contributed by atoms with Gasteiger partial charge in [0.25, 0.3) is 0 Å². The Morgan fingerprint density at radius 1 is 1.11 bits per heavy atom. The lowest BCUT2D eigenvalue weighted by Gasteiger charge is -2.40. The minimum absolute atomic E-state index is 0.106. The van der Waals surface area contributed by atoms with Crippen molar-refractivity contribution in [3.8, 4) is 0 Å². The van der Waals surface area contributed by atoms with E-state index in [1.54, 1.807) is 16.7 Å². The van der Waals surface area contributed by atoms with Crippen LogP contribution in [0.2, 0.25) is 0 Å². The van der Waals surface area contributed by atoms with Crippen molar-refractivity contribution in [3.05, 3.63) is 34.4 Å². The first-order chi connectivity index (χ1) is 9.17. The average Bonchev–Trinajstić information content (AvgIpc) is 2.79. The number of rotatable bonds is 0. The van der Waals surface area contributed by atoms with E-state index in [9.17, 15) is 5.11 Å². The zero-order valence-corrected chi connectivity index (χ0v) is 11.9. The zero-order valence-electron chi connectivity index (χ0n) is 11.9. The summed E-state index contributed by atoms with van der Waals surface area (Å²) in [6.45, 7) is 2.51. The van der Waals surface area contributed by atoms with Crippen LogP contribution in [0.25, 0.3) is 0 Å². The van der Waals surface area contributed by atoms with E-state index < -0.39 is 0 Å². The molecule has 3 atom stereocenters. The van der Waals surface area contributed by atoms with Crippen LogP contribution in [0.15, 0.2) is 12.1 Å². The molecular weight excluding hydrogens is 232 g/mol. The number of benzene rings is 1. The summed E-state index contributed by atoms with van der Waals surface area (Å²) in [6.07, 6.45) is 9.73. The highest BCUT2D eigenvalue weighted by molar-refractivity contribution is 5.47. The summed E-state index contributed by atoms with van der Waals surface area (Å²) < 4.78 is 0. The molecule has 0 unspecified atom stereocenters. The molecule has 1 N–H and O–H groups in total. The molecule has 1 saturated carbocycles. The van der Waals surface area contributed by atoms with Gasteiger partial charge in [0.15, 0.2) is 0 Å². The zero-order chi connectivity index (χ0) is 13.0. The normalized spacial score (nSPS) is 36.5. The maximum atomic E-state index is 9.85. The molecule has 1 nitrogen and oxygen atoms in total. The van der Waals surface area contributed by atoms with E-state index in [0.29, 0.717) is 5.41 Å². The van der Waals surface area contributed by atoms with E-state index in [4.69, 9.17) is 0 Å². The van der Waals surface area contributed by atoms with E-state index >= 15 is 0 Å². The van der Waals surface area contributed by atoms with Gasteiger partial charge >= 0.3 is 0 Å². The van der Waals surface area contributed by atoms with Crippen LogP contribution in [0.5, 0.6) is 0 Å². The van der Waals surface area contributed by atoms with Crippen LogP contribution in [0.4, 0.5) is 0 Å². The molecule has 0 saturated heterocycles. The van der Waals surface area contributed by atoms with Crippen molar-refractivity contribution in [3.63, 3.8) is 0 Å². The highest BCUT2D eigenvalue weighted by atomic mass is 16.3. The van der Waals surface area contributed by atoms with Gasteiger partial charge in [-0.3, -0.25) is 0 Å². The monoisotopic (exact) mass is 256 g/mol. The molecule has 0 spiro atoms. The van der Waals surface area contributed by atoms with E-state index in [1.165, 1.54) is 37.7 Å². The third kappa shape index (κ3) is 1.71. The molecule has 19 heavy (non-hydrogen) atoms. The minimum atomic E-state index is -0.106. The molecule has 3 aliphatic carbocycles. The van der Waals surface area contributed by atoms with Gasteiger partial charge in [0.2, 0.25) is 0 Å². The van der Waals surface area contributed by atoms with Crippen LogP contribution < -0.4 is 0 Å². The molecule has 0 bridgehead atoms. The van der Waals surface area contributed by atoms with Crippen LogP contribution in [-0.4, -0.2) is 11.2 Å². The van der Waals surface area contributed by atoms with Gasteiger partial charge in [-0.15, -0.1) is 0 Å². The van der Waals surface area contributed by atoms with Crippen LogP contribution >= 0.6 is 0 Å². The molecule has 1 aromatic carbocycles. The molecule has 0 amide bonds. The molecule has 0 aromatic heterocycles. The first-order valence-corrected chi connectivity index (χ1v) is 7.99. The second-order valence-electron chi connectivity index (χ2n) is 7.27. The molecule has 1 heteroatoms. The van der Waals surface area contributed by atoms with Gasteiger partial charge < -0.3 is 5.11 Å². The highest BCUT2D eigenvalue weighted by Gasteiger charge is 2.43. The van der Waals surface area contributed by atoms with Gasteiger partial charge in [0.1, 0.15) is 0 Å². The maximum absolute atomic E-state index is 9.85. The Hall–Kier alpha value is -0.820. The van der Waals surface area contributed by atoms with Crippen LogP contribution in [0, 0.1) is 5.41 Å². The number of aliphatic hydroxyl groups is 1. The number of hydrogen-bond acceptors (Lipinski definition) is 1. The van der Waals surface area contributed by atoms with Crippen LogP contribution in [0.1, 0.15) is 67.2 Å². The van der Waals surface area contributed by atoms with Gasteiger partial charge in [-0.05, 0) is 78.5 Å². The smallest absolute Gasteiger partial charge is 0.0583 e. The molecule has 0 radical (unpaired) electrons. The Morgan fingerprint density at radius 3 is 2.89 bits per heavy atom. The van der Waals surface area contributed by atoms with E-state index in [2.05, 4.69) is 19.1 Å². The van der Waals surface area contributed by atoms with Crippen molar-refractivity contribution >= 4 is 0 Å². The fourth-order valence-electron chi connectivity index (χ4n) is 5.02. The van der Waals surface area contributed by atoms with Gasteiger partial charge in [0.05, 0.1) is 6.10 Å². The summed E-state index contributed by atoms with van der Waals surface area (Å²) in [5, 5.41) is 9.85. The first kappa shape index (κ1) is 12.0. The lowest BCUT2D eigenvalue weighted by atomic mass is 9.65. The molecule has 102 valence electrons. The van der Waals surface area contributed by atoms with Gasteiger partial charge in [-0.1, -0.05) is 25.5 Å². The third-order valence-corrected chi connectivity index (χ3v) is 6.15. The lowest BCUT2D eigenvalue weighted by Crippen LogP contribution is -2.29. The maximum Gasteiger partial charge on any atom is 0.0583 e. The first-order valence-electron chi connectivity index (χ1n) is 7.99. The van der Waals surface area contributed by atoms with E-state index in [-0.39, 0.29) is 6.10 Å². The Morgan fingerprint density at radius 2 is 2.00 bits per heavy atom. The van der Waals surface area contributed by atoms with Crippen molar-refractivity contribution in [2.75, 3.05) is 0 Å². The molecule has 1 fully saturated rings. The molecule has 0 aliphatic heterocycles. The predicted molar refractivity (Wildman–Crippen MR) is 77.5 cm³/mol. The second-order valence-corrected chi connectivity index (χ2v) is 7.27. The Kier molecular flexibility index (Phi) is 2.57. The van der Waals surface area contributed by atoms with Crippen molar-refractivity contribution in [2.24, 2.45) is 5.41 Å². The molecular formula is C18H24O. The quantitative estimate of drug-likeness (QED) is 0.749. The van der Waals surface area contributed by atoms with Gasteiger partial charge in [0, 0.05) is 0 Å². The van der Waals surface area contributed by atoms with Gasteiger partial charge in [-0.2, -0.15) is 0 Å². The molecule has 0 heterocycles. The molecule has 3 aliphatic rings. The third-order valence-electron chi connectivity index (χ3n) is 6.15. The van der Waals surface area contributed by atoms with Gasteiger partial charge in [-0.25, -0.2) is 0 Å². The summed E-state index contributed by atoms with van der Waals surface area (Å²) in [6, 6.07) is 4.72. The fourth-order valence-corrected chi connectivity index (χ4v) is 5.02. The predicted octanol–water partition coefficient (Wildman–Crippen LogP) is 3.76. The largest absolute Gasteiger partial charge is 0.393 e. The summed E-state index contributed by atoms with van der Waals surface area (Å²) in [5.74, 6) is 0.813. The van der Waals surface area contributed by atoms with Crippen molar-refractivity contribution < 1.29 is 5.11 Å². The molecule has 1 aromatic rings. The highest BCUT2D eigenvalue weighted by Crippen LogP contribution is 2.56. The summed E-state index contributed by atoms with van der Waals surface area (Å²) in [4.78, 5) is 0. The summed E-state index contributed by atoms with van der Waals surface area (Å²) in [7, 11) is 0. The SMILES string of the molecule is C[C@@]12CCC[C@H]1c1ccc3c(c1CC2)CC[C@H](O)C3.